The van der Waals surface area contributed by atoms with Crippen molar-refractivity contribution in [3.05, 3.63) is 269 Å². The van der Waals surface area contributed by atoms with Gasteiger partial charge in [-0.3, -0.25) is 107 Å². The van der Waals surface area contributed by atoms with Crippen LogP contribution in [0.25, 0.3) is 77.0 Å². The zero-order valence-electron chi connectivity index (χ0n) is 90.1. The van der Waals surface area contributed by atoms with Crippen molar-refractivity contribution in [1.29, 1.82) is 0 Å². The van der Waals surface area contributed by atoms with Crippen molar-refractivity contribution in [3.8, 4) is 0 Å². The van der Waals surface area contributed by atoms with E-state index in [1.54, 1.807) is 101 Å². The van der Waals surface area contributed by atoms with Crippen LogP contribution in [0.5, 0.6) is 0 Å². The van der Waals surface area contributed by atoms with Crippen molar-refractivity contribution in [2.75, 3.05) is 0 Å². The molecule has 36 nitrogen and oxygen atoms in total. The van der Waals surface area contributed by atoms with E-state index in [1.807, 2.05) is 309 Å². The second kappa shape index (κ2) is 38.6. The van der Waals surface area contributed by atoms with Crippen molar-refractivity contribution >= 4 is 77.0 Å². The Bertz CT molecular complexity index is 6730. The number of para-hydroxylation sites is 1. The first-order valence-electron chi connectivity index (χ1n) is 46.6. The van der Waals surface area contributed by atoms with Gasteiger partial charge in [0.2, 0.25) is 0 Å². The highest BCUT2D eigenvalue weighted by Crippen LogP contribution is 2.28. The van der Waals surface area contributed by atoms with E-state index in [4.69, 9.17) is 0 Å². The van der Waals surface area contributed by atoms with Gasteiger partial charge in [0.1, 0.15) is 17.4 Å². The molecule has 0 spiro atoms. The minimum atomic E-state index is -0.618. The van der Waals surface area contributed by atoms with Gasteiger partial charge in [0, 0.05) is 127 Å². The van der Waals surface area contributed by atoms with Gasteiger partial charge in [-0.2, -0.15) is 0 Å². The number of nitrogens with zero attached hydrogens (tertiary/aromatic N) is 22. The fraction of sp³-hybridized carbons (Fsp3) is 0.538. The maximum Gasteiger partial charge on any atom is 0.333 e. The molecule has 140 heavy (non-hydrogen) atoms. The summed E-state index contributed by atoms with van der Waals surface area (Å²) in [5.74, 6) is 0. The van der Waals surface area contributed by atoms with E-state index in [0.29, 0.717) is 71.5 Å². The van der Waals surface area contributed by atoms with E-state index in [1.165, 1.54) is 67.7 Å². The number of benzene rings is 1. The van der Waals surface area contributed by atoms with Gasteiger partial charge >= 0.3 is 39.8 Å². The van der Waals surface area contributed by atoms with Gasteiger partial charge in [-0.25, -0.2) is 63.5 Å². The lowest BCUT2D eigenvalue weighted by Crippen LogP contribution is -2.51. The fourth-order valence-electron chi connectivity index (χ4n) is 16.5. The molecule has 0 atom stereocenters. The Kier molecular flexibility index (Phi) is 30.9. The molecule has 0 fully saturated rings. The van der Waals surface area contributed by atoms with Crippen molar-refractivity contribution in [2.45, 2.75) is 368 Å². The highest BCUT2D eigenvalue weighted by molar-refractivity contribution is 5.80. The fourth-order valence-corrected chi connectivity index (χ4v) is 16.5. The Morgan fingerprint density at radius 3 is 0.829 bits per heavy atom. The minimum absolute atomic E-state index is 0.219. The average Bonchev–Trinajstić information content (AvgIpc) is 0.774. The standard InChI is InChI=1S/C16H22N2O2.4C15H21N3O2.2C14H20N4O2/c1-15(2,3)17-12-10-8-7-9-11(12)13(19)18(14(17)20)16(4,5)6;1-14(2,3)17-11-7-8-16-9-10(11)12(19)18(13(17)20)15(4,5)6;1-14(2,3)17-11-9-16-8-7-10(11)12(19)18(13(17)20)15(4,5)6;1-14(2,3)17-10-8-7-9-16-11(10)12(19)18(13(17)20)15(4,5)6;1-14(2,3)17-11-10(8-7-9-16-11)12(19)18(13(17)20)15(4,5)6;1-13(2,3)17-10-9(7-15-8-16-10)11(19)18(12(17)20)14(4,5)6;1-13(2,3)17-10-9(15-7-8-16-10)11(19)18(12(17)20)14(4,5)6/h7-10H,1-6H3;4*7-9H,1-6H3;2*7-8H,1-6H3. The molecule has 14 rings (SSSR count). The molecule has 0 unspecified atom stereocenters. The number of rotatable bonds is 0. The molecule has 0 saturated heterocycles. The molecule has 0 bridgehead atoms. The molecule has 0 saturated carbocycles. The van der Waals surface area contributed by atoms with Crippen LogP contribution >= 0.6 is 0 Å². The molecule has 36 heteroatoms. The summed E-state index contributed by atoms with van der Waals surface area (Å²) in [6.07, 6.45) is 15.2. The molecule has 0 amide bonds. The van der Waals surface area contributed by atoms with Gasteiger partial charge in [0.15, 0.2) is 22.3 Å². The lowest BCUT2D eigenvalue weighted by molar-refractivity contribution is 0.319. The first-order chi connectivity index (χ1) is 63.3. The van der Waals surface area contributed by atoms with E-state index >= 15 is 0 Å². The van der Waals surface area contributed by atoms with Crippen molar-refractivity contribution in [1.82, 2.24) is 104 Å². The zero-order chi connectivity index (χ0) is 107. The van der Waals surface area contributed by atoms with E-state index in [0.717, 1.165) is 0 Å². The topological polar surface area (TPSA) is 411 Å². The van der Waals surface area contributed by atoms with Crippen LogP contribution < -0.4 is 78.7 Å². The molecule has 756 valence electrons. The highest BCUT2D eigenvalue weighted by Gasteiger charge is 2.36. The van der Waals surface area contributed by atoms with Crippen LogP contribution in [0.4, 0.5) is 0 Å². The second-order valence-electron chi connectivity index (χ2n) is 48.7. The minimum Gasteiger partial charge on any atom is -0.288 e. The summed E-state index contributed by atoms with van der Waals surface area (Å²) in [6, 6.07) is 17.6. The summed E-state index contributed by atoms with van der Waals surface area (Å²) in [5.41, 5.74) is -7.32. The molecular formula is C104H146N22O14. The van der Waals surface area contributed by atoms with Crippen LogP contribution in [0.15, 0.2) is 190 Å². The molecule has 0 aliphatic rings. The Morgan fingerprint density at radius 1 is 0.171 bits per heavy atom. The largest absolute Gasteiger partial charge is 0.333 e. The summed E-state index contributed by atoms with van der Waals surface area (Å²) >= 11 is 0. The average molecular weight is 1930 g/mol. The smallest absolute Gasteiger partial charge is 0.288 e. The molecule has 13 aromatic heterocycles. The lowest BCUT2D eigenvalue weighted by Gasteiger charge is -2.29. The molecule has 0 aliphatic heterocycles. The highest BCUT2D eigenvalue weighted by atomic mass is 16.2. The van der Waals surface area contributed by atoms with Crippen LogP contribution in [-0.4, -0.2) is 104 Å². The van der Waals surface area contributed by atoms with Crippen LogP contribution in [0.2, 0.25) is 0 Å². The maximum absolute atomic E-state index is 12.8. The zero-order valence-corrected chi connectivity index (χ0v) is 90.1. The van der Waals surface area contributed by atoms with Gasteiger partial charge in [0.05, 0.1) is 49.8 Å². The summed E-state index contributed by atoms with van der Waals surface area (Å²) in [4.78, 5) is 210. The number of fused-ring (bicyclic) bond motifs is 7. The number of aromatic nitrogens is 22. The van der Waals surface area contributed by atoms with Gasteiger partial charge in [-0.15, -0.1) is 0 Å². The van der Waals surface area contributed by atoms with E-state index in [2.05, 4.69) is 39.9 Å². The van der Waals surface area contributed by atoms with Gasteiger partial charge in [-0.1, -0.05) is 12.1 Å². The summed E-state index contributed by atoms with van der Waals surface area (Å²) < 4.78 is 20.4. The predicted octanol–water partition coefficient (Wildman–Crippen LogP) is 13.9. The van der Waals surface area contributed by atoms with Crippen molar-refractivity contribution < 1.29 is 0 Å². The van der Waals surface area contributed by atoms with Crippen LogP contribution in [0.3, 0.4) is 0 Å². The molecule has 1 aromatic carbocycles. The molecule has 0 aliphatic carbocycles. The first kappa shape index (κ1) is 112. The Balaban J connectivity index is 0.000000200. The third-order valence-electron chi connectivity index (χ3n) is 22.1. The predicted molar refractivity (Wildman–Crippen MR) is 560 cm³/mol. The quantitative estimate of drug-likeness (QED) is 0.136. The molecular weight excluding hydrogens is 1780 g/mol. The van der Waals surface area contributed by atoms with Crippen LogP contribution in [-0.2, 0) is 77.5 Å². The van der Waals surface area contributed by atoms with Gasteiger partial charge in [0.25, 0.3) is 38.9 Å². The van der Waals surface area contributed by atoms with Crippen LogP contribution in [0, 0.1) is 0 Å². The van der Waals surface area contributed by atoms with E-state index in [-0.39, 0.29) is 78.7 Å². The molecule has 14 aromatic rings. The Hall–Kier alpha value is -13.4. The van der Waals surface area contributed by atoms with E-state index < -0.39 is 83.1 Å². The number of hydrogen-bond donors (Lipinski definition) is 0. The first-order valence-corrected chi connectivity index (χ1v) is 46.6. The van der Waals surface area contributed by atoms with Crippen molar-refractivity contribution in [3.63, 3.8) is 0 Å². The number of pyridine rings is 4. The third-order valence-corrected chi connectivity index (χ3v) is 22.1. The van der Waals surface area contributed by atoms with Gasteiger partial charge in [-0.05, 0) is 339 Å². The normalized spacial score (nSPS) is 12.9. The van der Waals surface area contributed by atoms with Gasteiger partial charge < -0.3 is 0 Å². The lowest BCUT2D eigenvalue weighted by atomic mass is 10.1. The molecule has 0 N–H and O–H groups in total. The van der Waals surface area contributed by atoms with Crippen molar-refractivity contribution in [2.24, 2.45) is 0 Å². The Morgan fingerprint density at radius 2 is 0.421 bits per heavy atom. The summed E-state index contributed by atoms with van der Waals surface area (Å²) in [5, 5.41) is 2.40. The van der Waals surface area contributed by atoms with Crippen LogP contribution in [0.1, 0.15) is 291 Å². The SMILES string of the molecule is CC(C)(C)n1c(=O)c2ccccc2n(C(C)(C)C)c1=O.CC(C)(C)n1c(=O)c2cccnc2n(C(C)(C)C)c1=O.CC(C)(C)n1c(=O)c2ccncc2n(C(C)(C)C)c1=O.CC(C)(C)n1c(=O)c2cnccc2n(C(C)(C)C)c1=O.CC(C)(C)n1c(=O)c2cncnc2n(C(C)(C)C)c1=O.CC(C)(C)n1c(=O)c2ncccc2n(C(C)(C)C)c1=O.CC(C)(C)n1c(=O)c2nccnc2n(C(C)(C)C)c1=O. The Labute approximate surface area is 813 Å². The summed E-state index contributed by atoms with van der Waals surface area (Å²) in [7, 11) is 0. The third kappa shape index (κ3) is 23.0. The monoisotopic (exact) mass is 1930 g/mol. The van der Waals surface area contributed by atoms with E-state index in [9.17, 15) is 67.1 Å². The second-order valence-corrected chi connectivity index (χ2v) is 48.7. The summed E-state index contributed by atoms with van der Waals surface area (Å²) in [6.45, 7) is 79.5. The maximum atomic E-state index is 12.8. The number of hydrogen-bond acceptors (Lipinski definition) is 22. The molecule has 13 heterocycles. The molecule has 0 radical (unpaired) electrons.